The van der Waals surface area contributed by atoms with E-state index in [0.717, 1.165) is 12.5 Å². The van der Waals surface area contributed by atoms with Crippen LogP contribution < -0.4 is 5.73 Å². The van der Waals surface area contributed by atoms with Crippen molar-refractivity contribution in [2.24, 2.45) is 11.7 Å². The fraction of sp³-hybridized carbons (Fsp3) is 0.500. The number of nitrogens with two attached hydrogens (primary N) is 1. The summed E-state index contributed by atoms with van der Waals surface area (Å²) >= 11 is 0. The lowest BCUT2D eigenvalue weighted by molar-refractivity contribution is -0.138. The molecule has 0 heterocycles. The summed E-state index contributed by atoms with van der Waals surface area (Å²) in [5.41, 5.74) is 6.41. The molecule has 4 heteroatoms. The van der Waals surface area contributed by atoms with Gasteiger partial charge in [-0.3, -0.25) is 0 Å². The maximum atomic E-state index is 12.8. The Kier molecular flexibility index (Phi) is 2.70. The molecule has 0 radical (unpaired) electrons. The molecule has 0 spiro atoms. The molecule has 0 bridgehead atoms. The summed E-state index contributed by atoms with van der Waals surface area (Å²) in [6, 6.07) is 4.03. The summed E-state index contributed by atoms with van der Waals surface area (Å²) in [6.45, 7) is 1.94. The van der Waals surface area contributed by atoms with Crippen LogP contribution >= 0.6 is 0 Å². The molecule has 1 aliphatic rings. The second-order valence-corrected chi connectivity index (χ2v) is 4.52. The molecule has 0 amide bonds. The molecule has 0 aliphatic heterocycles. The molecule has 88 valence electrons. The monoisotopic (exact) mass is 229 g/mol. The Balaban J connectivity index is 2.54. The minimum absolute atomic E-state index is 0.214. The van der Waals surface area contributed by atoms with Gasteiger partial charge in [0.05, 0.1) is 5.56 Å². The molecule has 2 rings (SSSR count). The third-order valence-corrected chi connectivity index (χ3v) is 3.13. The van der Waals surface area contributed by atoms with Crippen LogP contribution in [-0.2, 0) is 12.6 Å². The Morgan fingerprint density at radius 3 is 2.62 bits per heavy atom. The van der Waals surface area contributed by atoms with Crippen LogP contribution in [0.4, 0.5) is 13.2 Å². The van der Waals surface area contributed by atoms with E-state index >= 15 is 0 Å². The molecule has 2 atom stereocenters. The van der Waals surface area contributed by atoms with Crippen molar-refractivity contribution in [2.75, 3.05) is 0 Å². The highest BCUT2D eigenvalue weighted by Crippen LogP contribution is 2.39. The van der Waals surface area contributed by atoms with E-state index in [0.29, 0.717) is 17.5 Å². The first-order valence-corrected chi connectivity index (χ1v) is 5.34. The molecular weight excluding hydrogens is 215 g/mol. The minimum atomic E-state index is -4.28. The molecule has 0 saturated heterocycles. The summed E-state index contributed by atoms with van der Waals surface area (Å²) in [4.78, 5) is 0. The van der Waals surface area contributed by atoms with Gasteiger partial charge >= 0.3 is 6.18 Å². The van der Waals surface area contributed by atoms with Crippen molar-refractivity contribution < 1.29 is 13.2 Å². The molecular formula is C12H14F3N. The van der Waals surface area contributed by atoms with E-state index in [1.807, 2.05) is 6.92 Å². The van der Waals surface area contributed by atoms with Crippen LogP contribution in [0.25, 0.3) is 0 Å². The first kappa shape index (κ1) is 11.5. The van der Waals surface area contributed by atoms with Gasteiger partial charge in [0.1, 0.15) is 0 Å². The van der Waals surface area contributed by atoms with Crippen LogP contribution in [0.5, 0.6) is 0 Å². The van der Waals surface area contributed by atoms with Gasteiger partial charge in [0, 0.05) is 6.04 Å². The number of halogens is 3. The van der Waals surface area contributed by atoms with Crippen LogP contribution in [0, 0.1) is 5.92 Å². The predicted octanol–water partition coefficient (Wildman–Crippen LogP) is 3.29. The molecule has 1 aliphatic carbocycles. The van der Waals surface area contributed by atoms with Gasteiger partial charge in [-0.25, -0.2) is 0 Å². The average Bonchev–Trinajstić information content (AvgIpc) is 2.15. The van der Waals surface area contributed by atoms with Crippen molar-refractivity contribution in [1.29, 1.82) is 0 Å². The second-order valence-electron chi connectivity index (χ2n) is 4.52. The quantitative estimate of drug-likeness (QED) is 0.725. The molecule has 2 unspecified atom stereocenters. The topological polar surface area (TPSA) is 26.0 Å². The Morgan fingerprint density at radius 2 is 2.00 bits per heavy atom. The van der Waals surface area contributed by atoms with Crippen molar-refractivity contribution in [3.8, 4) is 0 Å². The highest BCUT2D eigenvalue weighted by Gasteiger charge is 2.36. The number of hydrogen-bond donors (Lipinski definition) is 1. The van der Waals surface area contributed by atoms with E-state index in [-0.39, 0.29) is 12.0 Å². The van der Waals surface area contributed by atoms with Gasteiger partial charge in [0.25, 0.3) is 0 Å². The van der Waals surface area contributed by atoms with Crippen molar-refractivity contribution in [1.82, 2.24) is 0 Å². The van der Waals surface area contributed by atoms with E-state index in [9.17, 15) is 13.2 Å². The normalized spacial score (nSPS) is 25.3. The fourth-order valence-corrected chi connectivity index (χ4v) is 2.44. The fourth-order valence-electron chi connectivity index (χ4n) is 2.44. The maximum Gasteiger partial charge on any atom is 0.416 e. The SMILES string of the molecule is CC1Cc2c(cccc2C(F)(F)F)C(N)C1. The number of fused-ring (bicyclic) bond motifs is 1. The van der Waals surface area contributed by atoms with Gasteiger partial charge in [0.15, 0.2) is 0 Å². The van der Waals surface area contributed by atoms with E-state index in [1.54, 1.807) is 6.07 Å². The van der Waals surface area contributed by atoms with Crippen LogP contribution in [0.1, 0.15) is 36.1 Å². The van der Waals surface area contributed by atoms with E-state index in [4.69, 9.17) is 5.73 Å². The van der Waals surface area contributed by atoms with Crippen molar-refractivity contribution in [3.05, 3.63) is 34.9 Å². The number of rotatable bonds is 0. The first-order valence-electron chi connectivity index (χ1n) is 5.34. The van der Waals surface area contributed by atoms with Gasteiger partial charge in [-0.05, 0) is 36.0 Å². The molecule has 1 aromatic rings. The maximum absolute atomic E-state index is 12.8. The van der Waals surface area contributed by atoms with E-state index in [2.05, 4.69) is 0 Å². The zero-order valence-corrected chi connectivity index (χ0v) is 9.01. The van der Waals surface area contributed by atoms with Crippen molar-refractivity contribution in [3.63, 3.8) is 0 Å². The summed E-state index contributed by atoms with van der Waals surface area (Å²) in [6.07, 6.45) is -3.05. The molecule has 0 fully saturated rings. The number of hydrogen-bond acceptors (Lipinski definition) is 1. The highest BCUT2D eigenvalue weighted by molar-refractivity contribution is 5.40. The van der Waals surface area contributed by atoms with Gasteiger partial charge in [-0.15, -0.1) is 0 Å². The first-order chi connectivity index (χ1) is 7.39. The lowest BCUT2D eigenvalue weighted by atomic mass is 9.80. The predicted molar refractivity (Wildman–Crippen MR) is 55.9 cm³/mol. The Bertz CT molecular complexity index is 398. The zero-order valence-electron chi connectivity index (χ0n) is 9.01. The average molecular weight is 229 g/mol. The lowest BCUT2D eigenvalue weighted by Crippen LogP contribution is -2.25. The standard InChI is InChI=1S/C12H14F3N/c1-7-5-9-8(11(16)6-7)3-2-4-10(9)12(13,14)15/h2-4,7,11H,5-6,16H2,1H3. The molecule has 16 heavy (non-hydrogen) atoms. The van der Waals surface area contributed by atoms with Crippen molar-refractivity contribution in [2.45, 2.75) is 32.0 Å². The Morgan fingerprint density at radius 1 is 1.31 bits per heavy atom. The lowest BCUT2D eigenvalue weighted by Gasteiger charge is -2.29. The molecule has 0 aromatic heterocycles. The third kappa shape index (κ3) is 1.94. The Labute approximate surface area is 92.5 Å². The van der Waals surface area contributed by atoms with Crippen molar-refractivity contribution >= 4 is 0 Å². The van der Waals surface area contributed by atoms with Crippen LogP contribution in [0.3, 0.4) is 0 Å². The zero-order chi connectivity index (χ0) is 11.9. The van der Waals surface area contributed by atoms with Crippen LogP contribution in [0.2, 0.25) is 0 Å². The summed E-state index contributed by atoms with van der Waals surface area (Å²) in [7, 11) is 0. The molecule has 1 nitrogen and oxygen atoms in total. The van der Waals surface area contributed by atoms with Crippen LogP contribution in [-0.4, -0.2) is 0 Å². The molecule has 1 aromatic carbocycles. The van der Waals surface area contributed by atoms with Gasteiger partial charge < -0.3 is 5.73 Å². The summed E-state index contributed by atoms with van der Waals surface area (Å²) in [5, 5.41) is 0. The highest BCUT2D eigenvalue weighted by atomic mass is 19.4. The van der Waals surface area contributed by atoms with E-state index < -0.39 is 11.7 Å². The largest absolute Gasteiger partial charge is 0.416 e. The summed E-state index contributed by atoms with van der Waals surface area (Å²) in [5.74, 6) is 0.214. The number of benzene rings is 1. The van der Waals surface area contributed by atoms with Crippen LogP contribution in [0.15, 0.2) is 18.2 Å². The third-order valence-electron chi connectivity index (χ3n) is 3.13. The number of alkyl halides is 3. The van der Waals surface area contributed by atoms with E-state index in [1.165, 1.54) is 6.07 Å². The van der Waals surface area contributed by atoms with Gasteiger partial charge in [0.2, 0.25) is 0 Å². The van der Waals surface area contributed by atoms with Gasteiger partial charge in [-0.2, -0.15) is 13.2 Å². The Hall–Kier alpha value is -1.03. The smallest absolute Gasteiger partial charge is 0.324 e. The molecule has 0 saturated carbocycles. The second kappa shape index (κ2) is 3.77. The van der Waals surface area contributed by atoms with Gasteiger partial charge in [-0.1, -0.05) is 19.1 Å². The minimum Gasteiger partial charge on any atom is -0.324 e. The molecule has 2 N–H and O–H groups in total. The summed E-state index contributed by atoms with van der Waals surface area (Å²) < 4.78 is 38.4.